The number of aryl methyl sites for hydroxylation is 1. The van der Waals surface area contributed by atoms with Gasteiger partial charge in [-0.25, -0.2) is 4.98 Å². The SMILES string of the molecule is Cc1cccc(CNC(=O)c2coc(CN3CCN(CC(O)COCc4ccccc4)CC3)n2)c1. The molecule has 0 saturated carbocycles. The van der Waals surface area contributed by atoms with E-state index in [-0.39, 0.29) is 5.91 Å². The van der Waals surface area contributed by atoms with E-state index in [4.69, 9.17) is 9.15 Å². The molecule has 2 aromatic carbocycles. The fraction of sp³-hybridized carbons (Fsp3) is 0.407. The van der Waals surface area contributed by atoms with Crippen LogP contribution in [-0.4, -0.2) is 71.2 Å². The van der Waals surface area contributed by atoms with Crippen LogP contribution in [0.3, 0.4) is 0 Å². The molecule has 1 aliphatic heterocycles. The molecular formula is C27H34N4O4. The molecule has 1 unspecified atom stereocenters. The van der Waals surface area contributed by atoms with Crippen molar-refractivity contribution in [1.29, 1.82) is 0 Å². The highest BCUT2D eigenvalue weighted by Crippen LogP contribution is 2.11. The number of ether oxygens (including phenoxy) is 1. The summed E-state index contributed by atoms with van der Waals surface area (Å²) in [5.41, 5.74) is 3.61. The first-order valence-electron chi connectivity index (χ1n) is 12.1. The fourth-order valence-corrected chi connectivity index (χ4v) is 4.14. The summed E-state index contributed by atoms with van der Waals surface area (Å²) in [4.78, 5) is 21.3. The third kappa shape index (κ3) is 8.00. The number of nitrogens with zero attached hydrogens (tertiary/aromatic N) is 3. The number of amides is 1. The molecule has 1 fully saturated rings. The predicted octanol–water partition coefficient (Wildman–Crippen LogP) is 2.61. The minimum absolute atomic E-state index is 0.241. The number of β-amino-alcohol motifs (C(OH)–C–C–N with tert-alkyl or cyclic N) is 1. The van der Waals surface area contributed by atoms with Crippen molar-refractivity contribution >= 4 is 5.91 Å². The number of carbonyl (C=O) groups is 1. The number of aliphatic hydroxyl groups excluding tert-OH is 1. The molecule has 8 heteroatoms. The number of benzene rings is 2. The number of aromatic nitrogens is 1. The Balaban J connectivity index is 1.14. The van der Waals surface area contributed by atoms with Crippen LogP contribution in [0.5, 0.6) is 0 Å². The lowest BCUT2D eigenvalue weighted by molar-refractivity contribution is 0.000371. The second-order valence-corrected chi connectivity index (χ2v) is 9.03. The lowest BCUT2D eigenvalue weighted by Gasteiger charge is -2.34. The number of rotatable bonds is 11. The van der Waals surface area contributed by atoms with Gasteiger partial charge in [0.05, 0.1) is 25.9 Å². The van der Waals surface area contributed by atoms with Crippen LogP contribution in [-0.2, 0) is 24.4 Å². The monoisotopic (exact) mass is 478 g/mol. The van der Waals surface area contributed by atoms with E-state index in [0.717, 1.165) is 42.9 Å². The third-order valence-electron chi connectivity index (χ3n) is 6.03. The zero-order chi connectivity index (χ0) is 24.5. The molecule has 8 nitrogen and oxygen atoms in total. The van der Waals surface area contributed by atoms with Crippen LogP contribution >= 0.6 is 0 Å². The molecule has 1 amide bonds. The van der Waals surface area contributed by atoms with Crippen molar-refractivity contribution in [2.75, 3.05) is 39.3 Å². The zero-order valence-corrected chi connectivity index (χ0v) is 20.2. The van der Waals surface area contributed by atoms with Gasteiger partial charge in [-0.05, 0) is 18.1 Å². The maximum Gasteiger partial charge on any atom is 0.273 e. The van der Waals surface area contributed by atoms with E-state index in [1.807, 2.05) is 61.5 Å². The molecular weight excluding hydrogens is 444 g/mol. The summed E-state index contributed by atoms with van der Waals surface area (Å²) >= 11 is 0. The van der Waals surface area contributed by atoms with Gasteiger partial charge in [0.1, 0.15) is 6.26 Å². The Bertz CT molecular complexity index is 1060. The average Bonchev–Trinajstić information content (AvgIpc) is 3.33. The first kappa shape index (κ1) is 25.1. The van der Waals surface area contributed by atoms with Crippen LogP contribution < -0.4 is 5.32 Å². The van der Waals surface area contributed by atoms with Gasteiger partial charge in [-0.3, -0.25) is 14.6 Å². The van der Waals surface area contributed by atoms with Gasteiger partial charge in [-0.1, -0.05) is 60.2 Å². The number of aliphatic hydroxyl groups is 1. The first-order chi connectivity index (χ1) is 17.0. The Kier molecular flexibility index (Phi) is 9.02. The molecule has 1 aromatic heterocycles. The molecule has 0 aliphatic carbocycles. The van der Waals surface area contributed by atoms with Crippen LogP contribution in [0.25, 0.3) is 0 Å². The Morgan fingerprint density at radius 1 is 1.09 bits per heavy atom. The fourth-order valence-electron chi connectivity index (χ4n) is 4.14. The predicted molar refractivity (Wildman–Crippen MR) is 133 cm³/mol. The largest absolute Gasteiger partial charge is 0.447 e. The summed E-state index contributed by atoms with van der Waals surface area (Å²) in [6.45, 7) is 7.83. The van der Waals surface area contributed by atoms with Crippen molar-refractivity contribution in [1.82, 2.24) is 20.1 Å². The van der Waals surface area contributed by atoms with Crippen LogP contribution in [0.1, 0.15) is 33.1 Å². The van der Waals surface area contributed by atoms with Gasteiger partial charge in [0, 0.05) is 39.3 Å². The minimum atomic E-state index is -0.516. The van der Waals surface area contributed by atoms with Crippen molar-refractivity contribution < 1.29 is 19.1 Å². The number of nitrogens with one attached hydrogen (secondary N) is 1. The van der Waals surface area contributed by atoms with E-state index >= 15 is 0 Å². The smallest absolute Gasteiger partial charge is 0.273 e. The van der Waals surface area contributed by atoms with Crippen molar-refractivity contribution in [2.45, 2.75) is 32.7 Å². The van der Waals surface area contributed by atoms with E-state index in [1.165, 1.54) is 6.26 Å². The third-order valence-corrected chi connectivity index (χ3v) is 6.03. The lowest BCUT2D eigenvalue weighted by atomic mass is 10.1. The summed E-state index contributed by atoms with van der Waals surface area (Å²) in [7, 11) is 0. The summed E-state index contributed by atoms with van der Waals surface area (Å²) < 4.78 is 11.2. The van der Waals surface area contributed by atoms with Gasteiger partial charge in [-0.2, -0.15) is 0 Å². The molecule has 2 N–H and O–H groups in total. The second-order valence-electron chi connectivity index (χ2n) is 9.03. The van der Waals surface area contributed by atoms with Crippen molar-refractivity contribution in [3.63, 3.8) is 0 Å². The number of oxazole rings is 1. The van der Waals surface area contributed by atoms with Crippen molar-refractivity contribution in [3.05, 3.63) is 89.1 Å². The molecule has 2 heterocycles. The molecule has 1 atom stereocenters. The summed E-state index contributed by atoms with van der Waals surface area (Å²) in [5, 5.41) is 13.2. The summed E-state index contributed by atoms with van der Waals surface area (Å²) in [5.74, 6) is 0.295. The van der Waals surface area contributed by atoms with Crippen LogP contribution in [0.4, 0.5) is 0 Å². The van der Waals surface area contributed by atoms with Gasteiger partial charge in [0.15, 0.2) is 5.69 Å². The minimum Gasteiger partial charge on any atom is -0.447 e. The zero-order valence-electron chi connectivity index (χ0n) is 20.2. The van der Waals surface area contributed by atoms with E-state index in [0.29, 0.717) is 44.4 Å². The first-order valence-corrected chi connectivity index (χ1v) is 12.1. The van der Waals surface area contributed by atoms with E-state index in [1.54, 1.807) is 0 Å². The molecule has 35 heavy (non-hydrogen) atoms. The molecule has 1 aliphatic rings. The summed E-state index contributed by atoms with van der Waals surface area (Å²) in [6.07, 6.45) is 0.904. The Morgan fingerprint density at radius 2 is 1.83 bits per heavy atom. The van der Waals surface area contributed by atoms with Crippen LogP contribution in [0.15, 0.2) is 65.3 Å². The van der Waals surface area contributed by atoms with Crippen LogP contribution in [0, 0.1) is 6.92 Å². The van der Waals surface area contributed by atoms with Gasteiger partial charge >= 0.3 is 0 Å². The average molecular weight is 479 g/mol. The van der Waals surface area contributed by atoms with Gasteiger partial charge in [0.25, 0.3) is 5.91 Å². The molecule has 3 aromatic rings. The summed E-state index contributed by atoms with van der Waals surface area (Å²) in [6, 6.07) is 18.0. The maximum atomic E-state index is 12.4. The Labute approximate surface area is 206 Å². The van der Waals surface area contributed by atoms with Crippen molar-refractivity contribution in [2.24, 2.45) is 0 Å². The van der Waals surface area contributed by atoms with Crippen molar-refractivity contribution in [3.8, 4) is 0 Å². The molecule has 0 radical (unpaired) electrons. The highest BCUT2D eigenvalue weighted by molar-refractivity contribution is 5.91. The second kappa shape index (κ2) is 12.6. The topological polar surface area (TPSA) is 91.1 Å². The maximum absolute atomic E-state index is 12.4. The highest BCUT2D eigenvalue weighted by Gasteiger charge is 2.21. The van der Waals surface area contributed by atoms with Gasteiger partial charge in [0.2, 0.25) is 5.89 Å². The molecule has 0 spiro atoms. The normalized spacial score (nSPS) is 15.7. The van der Waals surface area contributed by atoms with Gasteiger partial charge < -0.3 is 19.6 Å². The number of hydrogen-bond acceptors (Lipinski definition) is 7. The van der Waals surface area contributed by atoms with Gasteiger partial charge in [-0.15, -0.1) is 0 Å². The Hall–Kier alpha value is -3.04. The molecule has 186 valence electrons. The van der Waals surface area contributed by atoms with E-state index in [9.17, 15) is 9.90 Å². The number of hydrogen-bond donors (Lipinski definition) is 2. The molecule has 1 saturated heterocycles. The number of carbonyl (C=O) groups excluding carboxylic acids is 1. The highest BCUT2D eigenvalue weighted by atomic mass is 16.5. The lowest BCUT2D eigenvalue weighted by Crippen LogP contribution is -2.48. The Morgan fingerprint density at radius 3 is 2.60 bits per heavy atom. The number of piperazine rings is 1. The molecule has 4 rings (SSSR count). The van der Waals surface area contributed by atoms with E-state index < -0.39 is 6.10 Å². The quantitative estimate of drug-likeness (QED) is 0.438. The van der Waals surface area contributed by atoms with E-state index in [2.05, 4.69) is 20.1 Å². The van der Waals surface area contributed by atoms with Crippen LogP contribution in [0.2, 0.25) is 0 Å². The standard InChI is InChI=1S/C27H34N4O4/c1-21-6-5-9-23(14-21)15-28-27(33)25-20-35-26(29-25)17-31-12-10-30(11-13-31)16-24(32)19-34-18-22-7-3-2-4-8-22/h2-9,14,20,24,32H,10-13,15-19H2,1H3,(H,28,33). The molecule has 0 bridgehead atoms.